The maximum absolute atomic E-state index is 11.9. The topological polar surface area (TPSA) is 118 Å². The molecule has 0 aliphatic carbocycles. The van der Waals surface area contributed by atoms with Crippen LogP contribution in [0, 0.1) is 6.92 Å². The van der Waals surface area contributed by atoms with Gasteiger partial charge in [0.15, 0.2) is 0 Å². The maximum atomic E-state index is 11.9. The number of primary amides is 1. The molecule has 1 aromatic carbocycles. The number of amides is 2. The molecule has 0 aliphatic heterocycles. The third kappa shape index (κ3) is 4.63. The maximum Gasteiger partial charge on any atom is 0.241 e. The van der Waals surface area contributed by atoms with E-state index in [1.807, 2.05) is 6.92 Å². The van der Waals surface area contributed by atoms with E-state index in [2.05, 4.69) is 10.0 Å². The molecule has 0 fully saturated rings. The van der Waals surface area contributed by atoms with Gasteiger partial charge in [-0.1, -0.05) is 17.7 Å². The fourth-order valence-electron chi connectivity index (χ4n) is 1.32. The Labute approximate surface area is 117 Å². The Morgan fingerprint density at radius 1 is 1.25 bits per heavy atom. The lowest BCUT2D eigenvalue weighted by Gasteiger charge is -2.11. The molecule has 8 heteroatoms. The molecule has 110 valence electrons. The first-order chi connectivity index (χ1) is 9.22. The number of rotatable bonds is 6. The number of nitrogens with one attached hydrogen (secondary N) is 2. The number of nitrogens with two attached hydrogens (primary N) is 1. The van der Waals surface area contributed by atoms with Gasteiger partial charge in [-0.2, -0.15) is 0 Å². The number of carbonyl (C=O) groups is 2. The van der Waals surface area contributed by atoms with Gasteiger partial charge in [0.25, 0.3) is 0 Å². The summed E-state index contributed by atoms with van der Waals surface area (Å²) in [5, 5.41) is 2.27. The van der Waals surface area contributed by atoms with Crippen LogP contribution in [0.25, 0.3) is 0 Å². The third-order valence-electron chi connectivity index (χ3n) is 2.56. The van der Waals surface area contributed by atoms with Crippen molar-refractivity contribution in [2.45, 2.75) is 24.8 Å². The lowest BCUT2D eigenvalue weighted by atomic mass is 10.2. The largest absolute Gasteiger partial charge is 0.368 e. The molecule has 0 aliphatic rings. The molecule has 0 aromatic heterocycles. The molecule has 1 atom stereocenters. The Bertz CT molecular complexity index is 596. The Kier molecular flexibility index (Phi) is 5.23. The van der Waals surface area contributed by atoms with Crippen molar-refractivity contribution in [3.05, 3.63) is 29.8 Å². The normalized spacial score (nSPS) is 12.7. The molecule has 0 unspecified atom stereocenters. The Hall–Kier alpha value is -1.93. The summed E-state index contributed by atoms with van der Waals surface area (Å²) in [5.74, 6) is -1.33. The molecule has 0 saturated carbocycles. The van der Waals surface area contributed by atoms with Crippen LogP contribution >= 0.6 is 0 Å². The summed E-state index contributed by atoms with van der Waals surface area (Å²) in [7, 11) is -3.76. The minimum Gasteiger partial charge on any atom is -0.368 e. The quantitative estimate of drug-likeness (QED) is 0.641. The van der Waals surface area contributed by atoms with Crippen molar-refractivity contribution in [1.29, 1.82) is 0 Å². The van der Waals surface area contributed by atoms with E-state index in [-0.39, 0.29) is 4.90 Å². The molecule has 1 aromatic rings. The van der Waals surface area contributed by atoms with Gasteiger partial charge in [-0.3, -0.25) is 9.59 Å². The molecule has 0 bridgehead atoms. The van der Waals surface area contributed by atoms with Crippen LogP contribution in [0.5, 0.6) is 0 Å². The second-order valence-electron chi connectivity index (χ2n) is 4.33. The van der Waals surface area contributed by atoms with Gasteiger partial charge in [0, 0.05) is 0 Å². The Morgan fingerprint density at radius 3 is 2.30 bits per heavy atom. The third-order valence-corrected chi connectivity index (χ3v) is 3.98. The number of sulfonamides is 1. The fraction of sp³-hybridized carbons (Fsp3) is 0.333. The van der Waals surface area contributed by atoms with Gasteiger partial charge in [-0.05, 0) is 26.0 Å². The SMILES string of the molecule is Cc1ccc(S(=O)(=O)NCC(=O)N[C@@H](C)C(N)=O)cc1. The Balaban J connectivity index is 2.62. The van der Waals surface area contributed by atoms with Crippen molar-refractivity contribution in [3.63, 3.8) is 0 Å². The van der Waals surface area contributed by atoms with Crippen LogP contribution in [0.3, 0.4) is 0 Å². The van der Waals surface area contributed by atoms with E-state index in [1.54, 1.807) is 12.1 Å². The molecule has 0 radical (unpaired) electrons. The minimum absolute atomic E-state index is 0.0684. The number of hydrogen-bond donors (Lipinski definition) is 3. The van der Waals surface area contributed by atoms with Crippen molar-refractivity contribution in [2.75, 3.05) is 6.54 Å². The van der Waals surface area contributed by atoms with Gasteiger partial charge in [-0.25, -0.2) is 13.1 Å². The van der Waals surface area contributed by atoms with E-state index in [0.717, 1.165) is 5.56 Å². The van der Waals surface area contributed by atoms with Gasteiger partial charge < -0.3 is 11.1 Å². The first-order valence-corrected chi connectivity index (χ1v) is 7.35. The monoisotopic (exact) mass is 299 g/mol. The van der Waals surface area contributed by atoms with E-state index < -0.39 is 34.4 Å². The van der Waals surface area contributed by atoms with E-state index in [1.165, 1.54) is 19.1 Å². The highest BCUT2D eigenvalue weighted by Crippen LogP contribution is 2.09. The van der Waals surface area contributed by atoms with Crippen LogP contribution in [0.1, 0.15) is 12.5 Å². The predicted molar refractivity (Wildman–Crippen MR) is 73.2 cm³/mol. The molecule has 2 amide bonds. The highest BCUT2D eigenvalue weighted by Gasteiger charge is 2.17. The lowest BCUT2D eigenvalue weighted by Crippen LogP contribution is -2.46. The minimum atomic E-state index is -3.76. The molecule has 20 heavy (non-hydrogen) atoms. The van der Waals surface area contributed by atoms with Crippen LogP contribution in [-0.4, -0.2) is 32.8 Å². The zero-order valence-corrected chi connectivity index (χ0v) is 12.0. The van der Waals surface area contributed by atoms with Crippen LogP contribution in [0.2, 0.25) is 0 Å². The first kappa shape index (κ1) is 16.1. The van der Waals surface area contributed by atoms with Crippen LogP contribution in [0.4, 0.5) is 0 Å². The molecule has 4 N–H and O–H groups in total. The molecule has 0 heterocycles. The van der Waals surface area contributed by atoms with E-state index in [9.17, 15) is 18.0 Å². The van der Waals surface area contributed by atoms with E-state index in [0.29, 0.717) is 0 Å². The summed E-state index contributed by atoms with van der Waals surface area (Å²) in [6.07, 6.45) is 0. The predicted octanol–water partition coefficient (Wildman–Crippen LogP) is -0.737. The molecule has 7 nitrogen and oxygen atoms in total. The van der Waals surface area contributed by atoms with Crippen molar-refractivity contribution in [3.8, 4) is 0 Å². The van der Waals surface area contributed by atoms with Crippen LogP contribution < -0.4 is 15.8 Å². The second-order valence-corrected chi connectivity index (χ2v) is 6.10. The highest BCUT2D eigenvalue weighted by molar-refractivity contribution is 7.89. The van der Waals surface area contributed by atoms with Crippen LogP contribution in [-0.2, 0) is 19.6 Å². The summed E-state index contributed by atoms with van der Waals surface area (Å²) >= 11 is 0. The molecule has 0 spiro atoms. The second kappa shape index (κ2) is 6.49. The number of carbonyl (C=O) groups excluding carboxylic acids is 2. The molecule has 0 saturated heterocycles. The smallest absolute Gasteiger partial charge is 0.241 e. The summed E-state index contributed by atoms with van der Waals surface area (Å²) in [6, 6.07) is 5.35. The van der Waals surface area contributed by atoms with Crippen molar-refractivity contribution in [2.24, 2.45) is 5.73 Å². The summed E-state index contributed by atoms with van der Waals surface area (Å²) in [4.78, 5) is 22.3. The van der Waals surface area contributed by atoms with Crippen molar-refractivity contribution >= 4 is 21.8 Å². The fourth-order valence-corrected chi connectivity index (χ4v) is 2.31. The average Bonchev–Trinajstić information content (AvgIpc) is 2.37. The molecule has 1 rings (SSSR count). The summed E-state index contributed by atoms with van der Waals surface area (Å²) in [6.45, 7) is 2.78. The lowest BCUT2D eigenvalue weighted by molar-refractivity contribution is -0.126. The molecular weight excluding hydrogens is 282 g/mol. The first-order valence-electron chi connectivity index (χ1n) is 5.87. The number of aryl methyl sites for hydroxylation is 1. The van der Waals surface area contributed by atoms with Gasteiger partial charge in [0.05, 0.1) is 11.4 Å². The van der Waals surface area contributed by atoms with E-state index in [4.69, 9.17) is 5.73 Å². The van der Waals surface area contributed by atoms with Crippen molar-refractivity contribution < 1.29 is 18.0 Å². The van der Waals surface area contributed by atoms with Crippen LogP contribution in [0.15, 0.2) is 29.2 Å². The zero-order valence-electron chi connectivity index (χ0n) is 11.2. The van der Waals surface area contributed by atoms with Gasteiger partial charge in [-0.15, -0.1) is 0 Å². The number of hydrogen-bond acceptors (Lipinski definition) is 4. The van der Waals surface area contributed by atoms with Crippen molar-refractivity contribution in [1.82, 2.24) is 10.0 Å². The summed E-state index contributed by atoms with van der Waals surface area (Å²) in [5.41, 5.74) is 5.91. The van der Waals surface area contributed by atoms with Gasteiger partial charge in [0.2, 0.25) is 21.8 Å². The van der Waals surface area contributed by atoms with Gasteiger partial charge >= 0.3 is 0 Å². The highest BCUT2D eigenvalue weighted by atomic mass is 32.2. The average molecular weight is 299 g/mol. The van der Waals surface area contributed by atoms with Gasteiger partial charge in [0.1, 0.15) is 6.04 Å². The van der Waals surface area contributed by atoms with E-state index >= 15 is 0 Å². The Morgan fingerprint density at radius 2 is 1.80 bits per heavy atom. The number of benzene rings is 1. The zero-order chi connectivity index (χ0) is 15.3. The summed E-state index contributed by atoms with van der Waals surface area (Å²) < 4.78 is 25.9. The molecular formula is C12H17N3O4S. The standard InChI is InChI=1S/C12H17N3O4S/c1-8-3-5-10(6-4-8)20(18,19)14-7-11(16)15-9(2)12(13)17/h3-6,9,14H,7H2,1-2H3,(H2,13,17)(H,15,16)/t9-/m0/s1.